The molecule has 0 heterocycles. The average molecular weight is 926 g/mol. The fourth-order valence-electron chi connectivity index (χ4n) is 7.87. The molecule has 0 nitrogen and oxygen atoms in total. The largest absolute Gasteiger partial charge is 0.231 e. The SMILES string of the molecule is CC(C)(C)S(CCc1ccc(S)cc1)(CCc1ccc(S)cc1)C(C)(C)C.CC=C(C)/C(=C\C(C)=C/C)c1cc(S)cc(S)c1.Cc1cc(C)cc(-c2cc(C)cc(S)c2)c1. The van der Waals surface area contributed by atoms with Crippen molar-refractivity contribution in [1.82, 2.24) is 0 Å². The molecule has 0 bridgehead atoms. The molecule has 0 aliphatic heterocycles. The minimum atomic E-state index is -0.884. The van der Waals surface area contributed by atoms with E-state index >= 15 is 0 Å². The van der Waals surface area contributed by atoms with Crippen LogP contribution in [0.4, 0.5) is 0 Å². The van der Waals surface area contributed by atoms with Crippen molar-refractivity contribution in [2.24, 2.45) is 0 Å². The molecule has 0 unspecified atom stereocenters. The molecule has 0 spiro atoms. The van der Waals surface area contributed by atoms with Gasteiger partial charge >= 0.3 is 0 Å². The van der Waals surface area contributed by atoms with Crippen molar-refractivity contribution in [3.05, 3.63) is 166 Å². The lowest BCUT2D eigenvalue weighted by atomic mass is 9.96. The van der Waals surface area contributed by atoms with E-state index in [1.807, 2.05) is 13.0 Å². The molecule has 0 fully saturated rings. The van der Waals surface area contributed by atoms with Crippen molar-refractivity contribution in [1.29, 1.82) is 0 Å². The lowest BCUT2D eigenvalue weighted by Gasteiger charge is -2.60. The van der Waals surface area contributed by atoms with Gasteiger partial charge in [0.25, 0.3) is 0 Å². The molecule has 0 saturated heterocycles. The summed E-state index contributed by atoms with van der Waals surface area (Å²) < 4.78 is 0.608. The number of benzene rings is 5. The molecular weight excluding hydrogens is 853 g/mol. The normalized spacial score (nSPS) is 12.9. The molecule has 0 atom stereocenters. The average Bonchev–Trinajstić information content (AvgIpc) is 3.16. The van der Waals surface area contributed by atoms with Gasteiger partial charge in [0.2, 0.25) is 0 Å². The Bertz CT molecular complexity index is 2100. The number of hydrogen-bond donors (Lipinski definition) is 5. The number of thiol groups is 5. The van der Waals surface area contributed by atoms with Crippen LogP contribution in [0.25, 0.3) is 16.7 Å². The van der Waals surface area contributed by atoms with Crippen LogP contribution < -0.4 is 0 Å². The zero-order valence-corrected chi connectivity index (χ0v) is 44.3. The summed E-state index contributed by atoms with van der Waals surface area (Å²) in [6.07, 6.45) is 8.72. The van der Waals surface area contributed by atoms with Crippen molar-refractivity contribution < 1.29 is 0 Å². The van der Waals surface area contributed by atoms with E-state index in [1.165, 1.54) is 67.2 Å². The van der Waals surface area contributed by atoms with Gasteiger partial charge < -0.3 is 0 Å². The van der Waals surface area contributed by atoms with E-state index < -0.39 is 10.0 Å². The van der Waals surface area contributed by atoms with E-state index in [0.29, 0.717) is 9.49 Å². The summed E-state index contributed by atoms with van der Waals surface area (Å²) in [6.45, 7) is 29.5. The first-order valence-electron chi connectivity index (χ1n) is 21.2. The number of aryl methyl sites for hydroxylation is 5. The molecule has 6 heteroatoms. The summed E-state index contributed by atoms with van der Waals surface area (Å²) in [4.78, 5) is 4.97. The van der Waals surface area contributed by atoms with Crippen LogP contribution >= 0.6 is 73.2 Å². The first-order valence-corrected chi connectivity index (χ1v) is 25.4. The van der Waals surface area contributed by atoms with Crippen LogP contribution in [0.15, 0.2) is 157 Å². The molecule has 0 radical (unpaired) electrons. The van der Waals surface area contributed by atoms with Crippen molar-refractivity contribution in [2.45, 2.75) is 137 Å². The van der Waals surface area contributed by atoms with Crippen LogP contribution in [0.3, 0.4) is 0 Å². The summed E-state index contributed by atoms with van der Waals surface area (Å²) in [5.74, 6) is 2.55. The van der Waals surface area contributed by atoms with Gasteiger partial charge in [-0.2, -0.15) is 0 Å². The minimum Gasteiger partial charge on any atom is -0.231 e. The van der Waals surface area contributed by atoms with Crippen molar-refractivity contribution in [2.75, 3.05) is 11.5 Å². The first kappa shape index (κ1) is 52.8. The zero-order chi connectivity index (χ0) is 45.7. The Balaban J connectivity index is 0.000000255. The fraction of sp³-hybridized carbons (Fsp3) is 0.345. The molecule has 61 heavy (non-hydrogen) atoms. The highest BCUT2D eigenvalue weighted by Crippen LogP contribution is 2.67. The highest BCUT2D eigenvalue weighted by Gasteiger charge is 2.44. The topological polar surface area (TPSA) is 0 Å². The van der Waals surface area contributed by atoms with Crippen molar-refractivity contribution in [3.8, 4) is 11.1 Å². The third-order valence-corrected chi connectivity index (χ3v) is 19.1. The maximum atomic E-state index is 4.43. The van der Waals surface area contributed by atoms with Gasteiger partial charge in [-0.25, -0.2) is 10.0 Å². The van der Waals surface area contributed by atoms with Crippen molar-refractivity contribution in [3.63, 3.8) is 0 Å². The Morgan fingerprint density at radius 3 is 1.26 bits per heavy atom. The number of allylic oxidation sites excluding steroid dienone is 6. The molecule has 328 valence electrons. The molecule has 5 aromatic rings. The molecular formula is C55H72S6. The maximum absolute atomic E-state index is 4.43. The third kappa shape index (κ3) is 16.5. The monoisotopic (exact) mass is 924 g/mol. The second-order valence-corrected chi connectivity index (χ2v) is 25.7. The molecule has 0 aliphatic carbocycles. The van der Waals surface area contributed by atoms with Gasteiger partial charge in [0.05, 0.1) is 0 Å². The highest BCUT2D eigenvalue weighted by atomic mass is 32.3. The molecule has 5 aromatic carbocycles. The lowest BCUT2D eigenvalue weighted by Crippen LogP contribution is -2.43. The Kier molecular flexibility index (Phi) is 20.7. The molecule has 0 aromatic heterocycles. The predicted molar refractivity (Wildman–Crippen MR) is 293 cm³/mol. The van der Waals surface area contributed by atoms with Crippen LogP contribution in [0, 0.1) is 20.8 Å². The van der Waals surface area contributed by atoms with E-state index in [-0.39, 0.29) is 0 Å². The standard InChI is InChI=1S/C24H36S3.C16H20S2.C15H16S/c1-23(2,3)27(24(4,5)6,17-15-19-7-11-21(25)12-8-19)18-16-20-9-13-22(26)14-10-20;1-5-11(3)7-16(12(4)6-2)13-8-14(17)10-15(18)9-13;1-10-4-11(2)6-13(5-10)14-7-12(3)8-15(16)9-14/h7-14,25-26H,15-18H2,1-6H3;5-10,17-18H,1-4H3;4-9,16H,1-3H3/b;11-5-,12-6?,16-7+;. The van der Waals surface area contributed by atoms with Crippen molar-refractivity contribution >= 4 is 78.7 Å². The van der Waals surface area contributed by atoms with Crippen LogP contribution in [0.2, 0.25) is 0 Å². The summed E-state index contributed by atoms with van der Waals surface area (Å²) >= 11 is 22.1. The van der Waals surface area contributed by atoms with E-state index in [4.69, 9.17) is 0 Å². The van der Waals surface area contributed by atoms with E-state index in [9.17, 15) is 0 Å². The molecule has 0 saturated carbocycles. The summed E-state index contributed by atoms with van der Waals surface area (Å²) in [7, 11) is -0.884. The summed E-state index contributed by atoms with van der Waals surface area (Å²) in [6, 6.07) is 36.5. The van der Waals surface area contributed by atoms with Crippen LogP contribution in [-0.4, -0.2) is 21.0 Å². The van der Waals surface area contributed by atoms with Gasteiger partial charge in [-0.3, -0.25) is 0 Å². The van der Waals surface area contributed by atoms with Gasteiger partial charge in [-0.1, -0.05) is 125 Å². The first-order chi connectivity index (χ1) is 28.5. The van der Waals surface area contributed by atoms with Gasteiger partial charge in [-0.15, -0.1) is 63.1 Å². The Labute approximate surface area is 401 Å². The molecule has 0 N–H and O–H groups in total. The molecule has 5 rings (SSSR count). The smallest absolute Gasteiger partial charge is 0.00572 e. The molecule has 0 aliphatic rings. The minimum absolute atomic E-state index is 0.304. The van der Waals surface area contributed by atoms with Crippen LogP contribution in [0.5, 0.6) is 0 Å². The summed E-state index contributed by atoms with van der Waals surface area (Å²) in [5.41, 5.74) is 14.1. The predicted octanol–water partition coefficient (Wildman–Crippen LogP) is 17.6. The Hall–Kier alpha value is -2.58. The van der Waals surface area contributed by atoms with Crippen LogP contribution in [-0.2, 0) is 12.8 Å². The van der Waals surface area contributed by atoms with Gasteiger partial charge in [0.15, 0.2) is 0 Å². The second kappa shape index (κ2) is 23.9. The Morgan fingerprint density at radius 1 is 0.492 bits per heavy atom. The van der Waals surface area contributed by atoms with Gasteiger partial charge in [0, 0.05) is 24.5 Å². The van der Waals surface area contributed by atoms with E-state index in [2.05, 4.69) is 262 Å². The van der Waals surface area contributed by atoms with Crippen LogP contribution in [0.1, 0.15) is 103 Å². The Morgan fingerprint density at radius 2 is 0.885 bits per heavy atom. The number of rotatable bonds is 10. The van der Waals surface area contributed by atoms with E-state index in [0.717, 1.165) is 42.9 Å². The quantitative estimate of drug-likeness (QED) is 0.0669. The second-order valence-electron chi connectivity index (χ2n) is 18.1. The third-order valence-electron chi connectivity index (χ3n) is 11.2. The maximum Gasteiger partial charge on any atom is 0.00572 e. The number of hydrogen-bond acceptors (Lipinski definition) is 5. The summed E-state index contributed by atoms with van der Waals surface area (Å²) in [5, 5.41) is 0. The van der Waals surface area contributed by atoms with Gasteiger partial charge in [0.1, 0.15) is 0 Å². The zero-order valence-electron chi connectivity index (χ0n) is 39.0. The van der Waals surface area contributed by atoms with E-state index in [1.54, 1.807) is 0 Å². The van der Waals surface area contributed by atoms with Gasteiger partial charge in [-0.05, 0) is 181 Å². The fourth-order valence-corrected chi connectivity index (χ4v) is 14.8. The molecule has 0 amide bonds. The lowest BCUT2D eigenvalue weighted by molar-refractivity contribution is 0.699. The highest BCUT2D eigenvalue weighted by molar-refractivity contribution is 8.35.